The quantitative estimate of drug-likeness (QED) is 0.501. The molecule has 0 aromatic rings. The molecular formula is C11H18. The third-order valence-electron chi connectivity index (χ3n) is 2.65. The fourth-order valence-electron chi connectivity index (χ4n) is 1.94. The molecule has 0 bridgehead atoms. The molecule has 2 unspecified atom stereocenters. The molecule has 2 atom stereocenters. The Morgan fingerprint density at radius 2 is 2.09 bits per heavy atom. The van der Waals surface area contributed by atoms with E-state index in [-0.39, 0.29) is 0 Å². The lowest BCUT2D eigenvalue weighted by atomic mass is 9.77. The molecule has 0 amide bonds. The van der Waals surface area contributed by atoms with Gasteiger partial charge < -0.3 is 0 Å². The zero-order valence-electron chi connectivity index (χ0n) is 7.69. The van der Waals surface area contributed by atoms with Crippen LogP contribution in [0.1, 0.15) is 33.1 Å². The Labute approximate surface area is 70.0 Å². The van der Waals surface area contributed by atoms with Crippen LogP contribution < -0.4 is 0 Å². The van der Waals surface area contributed by atoms with Crippen LogP contribution in [-0.4, -0.2) is 0 Å². The number of hydrogen-bond donors (Lipinski definition) is 0. The average molecular weight is 150 g/mol. The van der Waals surface area contributed by atoms with Gasteiger partial charge in [-0.1, -0.05) is 31.2 Å². The molecule has 0 N–H and O–H groups in total. The molecule has 0 aliphatic heterocycles. The van der Waals surface area contributed by atoms with Gasteiger partial charge in [0.05, 0.1) is 0 Å². The van der Waals surface area contributed by atoms with E-state index in [1.54, 1.807) is 0 Å². The first-order valence-electron chi connectivity index (χ1n) is 4.44. The highest BCUT2D eigenvalue weighted by atomic mass is 14.3. The summed E-state index contributed by atoms with van der Waals surface area (Å²) in [7, 11) is 0. The van der Waals surface area contributed by atoms with E-state index in [0.29, 0.717) is 5.92 Å². The molecule has 0 heterocycles. The number of rotatable bonds is 1. The summed E-state index contributed by atoms with van der Waals surface area (Å²) in [4.78, 5) is 0. The SMILES string of the molecule is C=C(C)C1CCC(C)CC1=C. The first-order valence-corrected chi connectivity index (χ1v) is 4.44. The van der Waals surface area contributed by atoms with Gasteiger partial charge in [0.15, 0.2) is 0 Å². The summed E-state index contributed by atoms with van der Waals surface area (Å²) in [6, 6.07) is 0. The lowest BCUT2D eigenvalue weighted by Crippen LogP contribution is -2.15. The highest BCUT2D eigenvalue weighted by molar-refractivity contribution is 5.17. The topological polar surface area (TPSA) is 0 Å². The molecule has 0 radical (unpaired) electrons. The summed E-state index contributed by atoms with van der Waals surface area (Å²) in [6.07, 6.45) is 3.82. The average Bonchev–Trinajstić information content (AvgIpc) is 1.85. The second-order valence-corrected chi connectivity index (χ2v) is 3.94. The van der Waals surface area contributed by atoms with Crippen molar-refractivity contribution in [2.45, 2.75) is 33.1 Å². The van der Waals surface area contributed by atoms with E-state index in [4.69, 9.17) is 0 Å². The van der Waals surface area contributed by atoms with E-state index >= 15 is 0 Å². The maximum atomic E-state index is 4.11. The van der Waals surface area contributed by atoms with E-state index < -0.39 is 0 Å². The molecule has 1 aliphatic carbocycles. The molecule has 11 heavy (non-hydrogen) atoms. The Hall–Kier alpha value is -0.520. The predicted molar refractivity (Wildman–Crippen MR) is 50.5 cm³/mol. The maximum Gasteiger partial charge on any atom is -0.000102 e. The smallest absolute Gasteiger partial charge is 0.000102 e. The predicted octanol–water partition coefficient (Wildman–Crippen LogP) is 3.55. The summed E-state index contributed by atoms with van der Waals surface area (Å²) in [6.45, 7) is 12.5. The Kier molecular flexibility index (Phi) is 2.53. The van der Waals surface area contributed by atoms with Gasteiger partial charge in [-0.15, -0.1) is 0 Å². The van der Waals surface area contributed by atoms with Crippen LogP contribution in [0.5, 0.6) is 0 Å². The molecule has 0 aromatic carbocycles. The van der Waals surface area contributed by atoms with Crippen molar-refractivity contribution in [3.8, 4) is 0 Å². The van der Waals surface area contributed by atoms with Crippen LogP contribution in [-0.2, 0) is 0 Å². The normalized spacial score (nSPS) is 32.0. The molecule has 1 rings (SSSR count). The molecule has 1 aliphatic rings. The van der Waals surface area contributed by atoms with E-state index in [2.05, 4.69) is 27.0 Å². The minimum atomic E-state index is 0.617. The van der Waals surface area contributed by atoms with E-state index in [1.807, 2.05) is 0 Å². The van der Waals surface area contributed by atoms with Gasteiger partial charge in [-0.05, 0) is 38.0 Å². The van der Waals surface area contributed by atoms with Gasteiger partial charge in [0, 0.05) is 0 Å². The van der Waals surface area contributed by atoms with Crippen molar-refractivity contribution in [3.05, 3.63) is 24.3 Å². The van der Waals surface area contributed by atoms with Crippen LogP contribution in [0.25, 0.3) is 0 Å². The first kappa shape index (κ1) is 8.58. The van der Waals surface area contributed by atoms with Gasteiger partial charge in [0.25, 0.3) is 0 Å². The number of hydrogen-bond acceptors (Lipinski definition) is 0. The second kappa shape index (κ2) is 3.25. The van der Waals surface area contributed by atoms with Gasteiger partial charge in [-0.3, -0.25) is 0 Å². The summed E-state index contributed by atoms with van der Waals surface area (Å²) >= 11 is 0. The highest BCUT2D eigenvalue weighted by Gasteiger charge is 2.21. The van der Waals surface area contributed by atoms with Crippen molar-refractivity contribution in [1.82, 2.24) is 0 Å². The van der Waals surface area contributed by atoms with E-state index in [0.717, 1.165) is 5.92 Å². The van der Waals surface area contributed by atoms with Gasteiger partial charge in [0.1, 0.15) is 0 Å². The third kappa shape index (κ3) is 1.95. The van der Waals surface area contributed by atoms with E-state index in [9.17, 15) is 0 Å². The molecule has 0 aromatic heterocycles. The van der Waals surface area contributed by atoms with Crippen molar-refractivity contribution in [2.75, 3.05) is 0 Å². The zero-order valence-corrected chi connectivity index (χ0v) is 7.69. The fraction of sp³-hybridized carbons (Fsp3) is 0.636. The van der Waals surface area contributed by atoms with Crippen LogP contribution in [0.2, 0.25) is 0 Å². The summed E-state index contributed by atoms with van der Waals surface area (Å²) < 4.78 is 0. The van der Waals surface area contributed by atoms with Crippen molar-refractivity contribution in [3.63, 3.8) is 0 Å². The Morgan fingerprint density at radius 1 is 1.45 bits per heavy atom. The highest BCUT2D eigenvalue weighted by Crippen LogP contribution is 2.35. The number of allylic oxidation sites excluding steroid dienone is 2. The molecule has 0 saturated heterocycles. The molecule has 1 fully saturated rings. The van der Waals surface area contributed by atoms with Crippen molar-refractivity contribution in [1.29, 1.82) is 0 Å². The first-order chi connectivity index (χ1) is 5.11. The van der Waals surface area contributed by atoms with Crippen molar-refractivity contribution in [2.24, 2.45) is 11.8 Å². The van der Waals surface area contributed by atoms with Crippen LogP contribution in [0.3, 0.4) is 0 Å². The fourth-order valence-corrected chi connectivity index (χ4v) is 1.94. The minimum Gasteiger partial charge on any atom is -0.0995 e. The zero-order chi connectivity index (χ0) is 8.43. The summed E-state index contributed by atoms with van der Waals surface area (Å²) in [5.41, 5.74) is 2.69. The van der Waals surface area contributed by atoms with Crippen molar-refractivity contribution >= 4 is 0 Å². The van der Waals surface area contributed by atoms with E-state index in [1.165, 1.54) is 30.4 Å². The maximum absolute atomic E-state index is 4.11. The van der Waals surface area contributed by atoms with Crippen LogP contribution >= 0.6 is 0 Å². The Balaban J connectivity index is 2.58. The monoisotopic (exact) mass is 150 g/mol. The van der Waals surface area contributed by atoms with Gasteiger partial charge in [-0.25, -0.2) is 0 Å². The molecule has 62 valence electrons. The van der Waals surface area contributed by atoms with Gasteiger partial charge in [-0.2, -0.15) is 0 Å². The molecular weight excluding hydrogens is 132 g/mol. The summed E-state index contributed by atoms with van der Waals surface area (Å²) in [5.74, 6) is 1.46. The summed E-state index contributed by atoms with van der Waals surface area (Å²) in [5, 5.41) is 0. The third-order valence-corrected chi connectivity index (χ3v) is 2.65. The van der Waals surface area contributed by atoms with Gasteiger partial charge >= 0.3 is 0 Å². The van der Waals surface area contributed by atoms with Crippen LogP contribution in [0, 0.1) is 11.8 Å². The molecule has 0 heteroatoms. The Bertz CT molecular complexity index is 176. The molecule has 0 spiro atoms. The van der Waals surface area contributed by atoms with Crippen LogP contribution in [0.4, 0.5) is 0 Å². The minimum absolute atomic E-state index is 0.617. The standard InChI is InChI=1S/C11H18/c1-8(2)11-6-5-9(3)7-10(11)4/h9,11H,1,4-7H2,2-3H3. The van der Waals surface area contributed by atoms with Crippen molar-refractivity contribution < 1.29 is 0 Å². The lowest BCUT2D eigenvalue weighted by molar-refractivity contribution is 0.399. The second-order valence-electron chi connectivity index (χ2n) is 3.94. The largest absolute Gasteiger partial charge is 0.0995 e. The van der Waals surface area contributed by atoms with Gasteiger partial charge in [0.2, 0.25) is 0 Å². The Morgan fingerprint density at radius 3 is 2.55 bits per heavy atom. The molecule has 1 saturated carbocycles. The molecule has 0 nitrogen and oxygen atoms in total. The lowest BCUT2D eigenvalue weighted by Gasteiger charge is -2.28. The van der Waals surface area contributed by atoms with Crippen LogP contribution in [0.15, 0.2) is 24.3 Å².